The van der Waals surface area contributed by atoms with E-state index >= 15 is 0 Å². The van der Waals surface area contributed by atoms with Crippen molar-refractivity contribution in [3.63, 3.8) is 0 Å². The summed E-state index contributed by atoms with van der Waals surface area (Å²) in [6.45, 7) is 0.316. The van der Waals surface area contributed by atoms with Crippen molar-refractivity contribution in [2.24, 2.45) is 0 Å². The van der Waals surface area contributed by atoms with E-state index in [4.69, 9.17) is 4.74 Å². The Labute approximate surface area is 183 Å². The van der Waals surface area contributed by atoms with Crippen molar-refractivity contribution >= 4 is 21.6 Å². The van der Waals surface area contributed by atoms with Crippen LogP contribution in [0, 0.1) is 0 Å². The number of ether oxygens (including phenoxy) is 1. The van der Waals surface area contributed by atoms with Crippen molar-refractivity contribution in [2.45, 2.75) is 24.2 Å². The van der Waals surface area contributed by atoms with E-state index in [2.05, 4.69) is 10.0 Å². The summed E-state index contributed by atoms with van der Waals surface area (Å²) in [6, 6.07) is 23.4. The van der Waals surface area contributed by atoms with Crippen LogP contribution in [-0.4, -0.2) is 28.0 Å². The molecule has 0 bridgehead atoms. The summed E-state index contributed by atoms with van der Waals surface area (Å²) in [6.07, 6.45) is 1.55. The lowest BCUT2D eigenvalue weighted by Crippen LogP contribution is -2.26. The van der Waals surface area contributed by atoms with Crippen LogP contribution in [0.1, 0.15) is 17.5 Å². The molecule has 6 nitrogen and oxygen atoms in total. The monoisotopic (exact) mass is 438 g/mol. The summed E-state index contributed by atoms with van der Waals surface area (Å²) in [4.78, 5) is 12.4. The average molecular weight is 439 g/mol. The smallest absolute Gasteiger partial charge is 0.240 e. The first kappa shape index (κ1) is 22.5. The van der Waals surface area contributed by atoms with Crippen LogP contribution >= 0.6 is 0 Å². The molecule has 0 aliphatic heterocycles. The standard InChI is InChI=1S/C24H26N2O4S/c1-30-22-12-7-20(8-13-22)9-16-24(27)26-21-10-14-23(15-11-21)31(28,29)25-18-17-19-5-3-2-4-6-19/h2-8,10-15,25H,9,16-18H2,1H3,(H,26,27). The van der Waals surface area contributed by atoms with Crippen LogP contribution in [-0.2, 0) is 27.7 Å². The number of carbonyl (C=O) groups is 1. The summed E-state index contributed by atoms with van der Waals surface area (Å²) in [5, 5.41) is 2.80. The first-order valence-corrected chi connectivity index (χ1v) is 11.5. The molecular formula is C24H26N2O4S. The summed E-state index contributed by atoms with van der Waals surface area (Å²) in [5.41, 5.74) is 2.67. The van der Waals surface area contributed by atoms with E-state index in [9.17, 15) is 13.2 Å². The maximum atomic E-state index is 12.5. The van der Waals surface area contributed by atoms with Crippen LogP contribution in [0.2, 0.25) is 0 Å². The van der Waals surface area contributed by atoms with Gasteiger partial charge < -0.3 is 10.1 Å². The van der Waals surface area contributed by atoms with E-state index in [1.807, 2.05) is 54.6 Å². The normalized spacial score (nSPS) is 11.1. The number of benzene rings is 3. The first-order chi connectivity index (χ1) is 15.0. The van der Waals surface area contributed by atoms with Crippen molar-refractivity contribution in [3.05, 3.63) is 90.0 Å². The molecule has 0 fully saturated rings. The predicted molar refractivity (Wildman–Crippen MR) is 122 cm³/mol. The Balaban J connectivity index is 1.48. The average Bonchev–Trinajstić information content (AvgIpc) is 2.79. The number of methoxy groups -OCH3 is 1. The maximum Gasteiger partial charge on any atom is 0.240 e. The van der Waals surface area contributed by atoms with Gasteiger partial charge in [-0.15, -0.1) is 0 Å². The molecule has 0 unspecified atom stereocenters. The van der Waals surface area contributed by atoms with Gasteiger partial charge in [-0.1, -0.05) is 42.5 Å². The molecule has 31 heavy (non-hydrogen) atoms. The van der Waals surface area contributed by atoms with E-state index in [0.29, 0.717) is 31.5 Å². The van der Waals surface area contributed by atoms with Gasteiger partial charge in [-0.05, 0) is 60.4 Å². The molecule has 2 N–H and O–H groups in total. The Morgan fingerprint density at radius 1 is 0.839 bits per heavy atom. The number of amides is 1. The number of nitrogens with one attached hydrogen (secondary N) is 2. The van der Waals surface area contributed by atoms with E-state index in [0.717, 1.165) is 16.9 Å². The molecule has 0 aromatic heterocycles. The highest BCUT2D eigenvalue weighted by Gasteiger charge is 2.13. The minimum Gasteiger partial charge on any atom is -0.497 e. The van der Waals surface area contributed by atoms with Crippen molar-refractivity contribution in [2.75, 3.05) is 19.0 Å². The summed E-state index contributed by atoms with van der Waals surface area (Å²) in [7, 11) is -1.99. The first-order valence-electron chi connectivity index (χ1n) is 10.0. The molecule has 3 aromatic carbocycles. The molecule has 3 rings (SSSR count). The Morgan fingerprint density at radius 2 is 1.48 bits per heavy atom. The molecule has 162 valence electrons. The largest absolute Gasteiger partial charge is 0.497 e. The molecule has 7 heteroatoms. The molecule has 0 aliphatic carbocycles. The van der Waals surface area contributed by atoms with Gasteiger partial charge in [0.15, 0.2) is 0 Å². The highest BCUT2D eigenvalue weighted by molar-refractivity contribution is 7.89. The SMILES string of the molecule is COc1ccc(CCC(=O)Nc2ccc(S(=O)(=O)NCCc3ccccc3)cc2)cc1. The lowest BCUT2D eigenvalue weighted by molar-refractivity contribution is -0.116. The van der Waals surface area contributed by atoms with Gasteiger partial charge in [0.2, 0.25) is 15.9 Å². The topological polar surface area (TPSA) is 84.5 Å². The molecule has 1 amide bonds. The predicted octanol–water partition coefficient (Wildman–Crippen LogP) is 3.79. The van der Waals surface area contributed by atoms with E-state index in [1.165, 1.54) is 12.1 Å². The number of rotatable bonds is 10. The molecule has 0 atom stereocenters. The van der Waals surface area contributed by atoms with Crippen molar-refractivity contribution < 1.29 is 17.9 Å². The molecular weight excluding hydrogens is 412 g/mol. The van der Waals surface area contributed by atoms with Gasteiger partial charge in [-0.2, -0.15) is 0 Å². The van der Waals surface area contributed by atoms with E-state index < -0.39 is 10.0 Å². The summed E-state index contributed by atoms with van der Waals surface area (Å²) >= 11 is 0. The summed E-state index contributed by atoms with van der Waals surface area (Å²) in [5.74, 6) is 0.644. The van der Waals surface area contributed by atoms with Crippen LogP contribution in [0.5, 0.6) is 5.75 Å². The minimum atomic E-state index is -3.60. The molecule has 3 aromatic rings. The van der Waals surface area contributed by atoms with Gasteiger partial charge in [0, 0.05) is 18.7 Å². The second-order valence-corrected chi connectivity index (χ2v) is 8.82. The zero-order chi connectivity index (χ0) is 22.1. The van der Waals surface area contributed by atoms with Gasteiger partial charge in [-0.3, -0.25) is 4.79 Å². The molecule has 0 saturated heterocycles. The Morgan fingerprint density at radius 3 is 2.13 bits per heavy atom. The molecule has 0 spiro atoms. The number of anilines is 1. The number of hydrogen-bond donors (Lipinski definition) is 2. The van der Waals surface area contributed by atoms with Crippen molar-refractivity contribution in [1.29, 1.82) is 0 Å². The lowest BCUT2D eigenvalue weighted by Gasteiger charge is -2.09. The van der Waals surface area contributed by atoms with Crippen LogP contribution in [0.25, 0.3) is 0 Å². The van der Waals surface area contributed by atoms with Gasteiger partial charge in [0.05, 0.1) is 12.0 Å². The Kier molecular flexibility index (Phi) is 7.81. The minimum absolute atomic E-state index is 0.132. The van der Waals surface area contributed by atoms with Gasteiger partial charge in [-0.25, -0.2) is 13.1 Å². The number of sulfonamides is 1. The zero-order valence-corrected chi connectivity index (χ0v) is 18.2. The fraction of sp³-hybridized carbons (Fsp3) is 0.208. The summed E-state index contributed by atoms with van der Waals surface area (Å²) < 4.78 is 32.6. The van der Waals surface area contributed by atoms with Crippen LogP contribution in [0.15, 0.2) is 83.8 Å². The highest BCUT2D eigenvalue weighted by atomic mass is 32.2. The van der Waals surface area contributed by atoms with Gasteiger partial charge in [0.1, 0.15) is 5.75 Å². The quantitative estimate of drug-likeness (QED) is 0.504. The van der Waals surface area contributed by atoms with Gasteiger partial charge >= 0.3 is 0 Å². The van der Waals surface area contributed by atoms with Crippen LogP contribution in [0.3, 0.4) is 0 Å². The molecule has 0 heterocycles. The Bertz CT molecular complexity index is 1080. The lowest BCUT2D eigenvalue weighted by atomic mass is 10.1. The van der Waals surface area contributed by atoms with Crippen molar-refractivity contribution in [1.82, 2.24) is 4.72 Å². The third-order valence-corrected chi connectivity index (χ3v) is 6.27. The fourth-order valence-electron chi connectivity index (χ4n) is 3.05. The number of aryl methyl sites for hydroxylation is 1. The number of carbonyl (C=O) groups excluding carboxylic acids is 1. The molecule has 0 saturated carbocycles. The van der Waals surface area contributed by atoms with Crippen LogP contribution < -0.4 is 14.8 Å². The second kappa shape index (κ2) is 10.7. The van der Waals surface area contributed by atoms with Gasteiger partial charge in [0.25, 0.3) is 0 Å². The molecule has 0 aliphatic rings. The fourth-order valence-corrected chi connectivity index (χ4v) is 4.08. The highest BCUT2D eigenvalue weighted by Crippen LogP contribution is 2.16. The third kappa shape index (κ3) is 6.94. The third-order valence-electron chi connectivity index (χ3n) is 4.80. The van der Waals surface area contributed by atoms with Crippen LogP contribution in [0.4, 0.5) is 5.69 Å². The Hall–Kier alpha value is -3.16. The zero-order valence-electron chi connectivity index (χ0n) is 17.4. The van der Waals surface area contributed by atoms with E-state index in [-0.39, 0.29) is 10.8 Å². The van der Waals surface area contributed by atoms with E-state index in [1.54, 1.807) is 19.2 Å². The van der Waals surface area contributed by atoms with Crippen molar-refractivity contribution in [3.8, 4) is 5.75 Å². The second-order valence-electron chi connectivity index (χ2n) is 7.05. The maximum absolute atomic E-state index is 12.5. The number of hydrogen-bond acceptors (Lipinski definition) is 4. The molecule has 0 radical (unpaired) electrons.